The Morgan fingerprint density at radius 3 is 2.36 bits per heavy atom. The van der Waals surface area contributed by atoms with Gasteiger partial charge in [0.1, 0.15) is 0 Å². The van der Waals surface area contributed by atoms with Crippen LogP contribution in [-0.4, -0.2) is 0 Å². The van der Waals surface area contributed by atoms with Gasteiger partial charge in [0, 0.05) is 10.5 Å². The maximum absolute atomic E-state index is 3.99. The Balaban J connectivity index is 2.81. The lowest BCUT2D eigenvalue weighted by atomic mass is 10.1. The Morgan fingerprint density at radius 1 is 1.36 bits per heavy atom. The van der Waals surface area contributed by atoms with E-state index in [0.717, 1.165) is 4.47 Å². The van der Waals surface area contributed by atoms with Crippen LogP contribution in [0.5, 0.6) is 0 Å². The molecule has 1 rings (SSSR count). The van der Waals surface area contributed by atoms with E-state index in [1.165, 1.54) is 5.56 Å². The number of hydrogen-bond donors (Lipinski definition) is 2. The molecule has 0 saturated carbocycles. The molecule has 1 nitrogen and oxygen atoms in total. The van der Waals surface area contributed by atoms with Crippen molar-refractivity contribution in [2.75, 3.05) is 0 Å². The van der Waals surface area contributed by atoms with Gasteiger partial charge in [0.2, 0.25) is 0 Å². The van der Waals surface area contributed by atoms with Crippen LogP contribution in [0.4, 0.5) is 0 Å². The first-order chi connectivity index (χ1) is 5.24. The summed E-state index contributed by atoms with van der Waals surface area (Å²) >= 11 is 7.37. The monoisotopic (exact) mass is 231 g/mol. The van der Waals surface area contributed by atoms with Crippen LogP contribution in [0.1, 0.15) is 18.5 Å². The van der Waals surface area contributed by atoms with Gasteiger partial charge in [0.05, 0.1) is 0 Å². The maximum atomic E-state index is 3.99. The number of benzene rings is 1. The molecule has 0 radical (unpaired) electrons. The lowest BCUT2D eigenvalue weighted by molar-refractivity contribution is 0.759. The molecule has 1 N–H and O–H groups in total. The minimum Gasteiger partial charge on any atom is -0.260 e. The molecule has 0 aliphatic rings. The van der Waals surface area contributed by atoms with Crippen molar-refractivity contribution in [3.63, 3.8) is 0 Å². The van der Waals surface area contributed by atoms with Crippen molar-refractivity contribution >= 4 is 28.7 Å². The fraction of sp³-hybridized carbons (Fsp3) is 0.250. The first-order valence-corrected chi connectivity index (χ1v) is 4.63. The van der Waals surface area contributed by atoms with E-state index in [2.05, 4.69) is 52.5 Å². The summed E-state index contributed by atoms with van der Waals surface area (Å²) in [5.41, 5.74) is 1.24. The summed E-state index contributed by atoms with van der Waals surface area (Å²) in [4.78, 5) is 0. The van der Waals surface area contributed by atoms with Gasteiger partial charge in [-0.05, 0) is 24.6 Å². The van der Waals surface area contributed by atoms with Crippen molar-refractivity contribution in [3.05, 3.63) is 34.3 Å². The van der Waals surface area contributed by atoms with Crippen LogP contribution >= 0.6 is 28.7 Å². The molecule has 0 bridgehead atoms. The van der Waals surface area contributed by atoms with Crippen LogP contribution < -0.4 is 4.72 Å². The predicted octanol–water partition coefficient (Wildman–Crippen LogP) is 2.94. The molecule has 1 aromatic carbocycles. The van der Waals surface area contributed by atoms with Crippen molar-refractivity contribution in [2.24, 2.45) is 0 Å². The van der Waals surface area contributed by atoms with Gasteiger partial charge >= 0.3 is 0 Å². The lowest BCUT2D eigenvalue weighted by Gasteiger charge is -2.08. The fourth-order valence-electron chi connectivity index (χ4n) is 0.826. The fourth-order valence-corrected chi connectivity index (χ4v) is 1.24. The van der Waals surface area contributed by atoms with Gasteiger partial charge in [0.25, 0.3) is 0 Å². The Hall–Kier alpha value is 0.01000. The van der Waals surface area contributed by atoms with Crippen molar-refractivity contribution in [2.45, 2.75) is 13.0 Å². The van der Waals surface area contributed by atoms with E-state index in [9.17, 15) is 0 Å². The van der Waals surface area contributed by atoms with E-state index in [1.54, 1.807) is 0 Å². The van der Waals surface area contributed by atoms with Crippen molar-refractivity contribution in [3.8, 4) is 0 Å². The second kappa shape index (κ2) is 4.14. The summed E-state index contributed by atoms with van der Waals surface area (Å²) in [5, 5.41) is 0. The highest BCUT2D eigenvalue weighted by Crippen LogP contribution is 2.16. The number of thiol groups is 1. The third kappa shape index (κ3) is 2.51. The summed E-state index contributed by atoms with van der Waals surface area (Å²) in [5.74, 6) is 0. The second-order valence-electron chi connectivity index (χ2n) is 2.40. The molecule has 1 atom stereocenters. The minimum atomic E-state index is 0.298. The molecular weight excluding hydrogens is 222 g/mol. The zero-order valence-electron chi connectivity index (χ0n) is 6.21. The van der Waals surface area contributed by atoms with Gasteiger partial charge in [0.15, 0.2) is 0 Å². The van der Waals surface area contributed by atoms with Crippen LogP contribution in [0.15, 0.2) is 28.7 Å². The standard InChI is InChI=1S/C8H10BrNS/c1-6(10-11)7-2-4-8(9)5-3-7/h2-6,10-11H,1H3. The van der Waals surface area contributed by atoms with Gasteiger partial charge < -0.3 is 0 Å². The van der Waals surface area contributed by atoms with Gasteiger partial charge in [-0.3, -0.25) is 4.72 Å². The van der Waals surface area contributed by atoms with Crippen LogP contribution in [0.25, 0.3) is 0 Å². The van der Waals surface area contributed by atoms with Crippen LogP contribution in [0.3, 0.4) is 0 Å². The number of halogens is 1. The summed E-state index contributed by atoms with van der Waals surface area (Å²) < 4.78 is 3.98. The lowest BCUT2D eigenvalue weighted by Crippen LogP contribution is -2.05. The Morgan fingerprint density at radius 2 is 1.91 bits per heavy atom. The molecule has 0 heterocycles. The van der Waals surface area contributed by atoms with E-state index in [0.29, 0.717) is 6.04 Å². The zero-order chi connectivity index (χ0) is 8.27. The Kier molecular flexibility index (Phi) is 3.43. The van der Waals surface area contributed by atoms with Crippen molar-refractivity contribution in [1.82, 2.24) is 4.72 Å². The highest BCUT2D eigenvalue weighted by Gasteiger charge is 2.00. The van der Waals surface area contributed by atoms with Gasteiger partial charge in [-0.2, -0.15) is 0 Å². The highest BCUT2D eigenvalue weighted by atomic mass is 79.9. The summed E-state index contributed by atoms with van der Waals surface area (Å²) in [6.07, 6.45) is 0. The summed E-state index contributed by atoms with van der Waals surface area (Å²) in [6, 6.07) is 8.48. The average molecular weight is 232 g/mol. The average Bonchev–Trinajstić information content (AvgIpc) is 2.05. The molecule has 0 aromatic heterocycles. The smallest absolute Gasteiger partial charge is 0.0390 e. The minimum absolute atomic E-state index is 0.298. The SMILES string of the molecule is CC(NS)c1ccc(Br)cc1. The van der Waals surface area contributed by atoms with Gasteiger partial charge in [-0.15, -0.1) is 0 Å². The molecular formula is C8H10BrNS. The molecule has 3 heteroatoms. The molecule has 60 valence electrons. The van der Waals surface area contributed by atoms with E-state index < -0.39 is 0 Å². The molecule has 11 heavy (non-hydrogen) atoms. The number of nitrogens with one attached hydrogen (secondary N) is 1. The van der Waals surface area contributed by atoms with E-state index >= 15 is 0 Å². The van der Waals surface area contributed by atoms with E-state index in [-0.39, 0.29) is 0 Å². The second-order valence-corrected chi connectivity index (χ2v) is 3.58. The third-order valence-corrected chi connectivity index (χ3v) is 2.48. The van der Waals surface area contributed by atoms with E-state index in [1.807, 2.05) is 12.1 Å². The van der Waals surface area contributed by atoms with Crippen LogP contribution in [-0.2, 0) is 0 Å². The maximum Gasteiger partial charge on any atom is 0.0390 e. The van der Waals surface area contributed by atoms with Crippen LogP contribution in [0, 0.1) is 0 Å². The highest BCUT2D eigenvalue weighted by molar-refractivity contribution is 9.10. The molecule has 0 aliphatic carbocycles. The van der Waals surface area contributed by atoms with Crippen LogP contribution in [0.2, 0.25) is 0 Å². The Bertz CT molecular complexity index is 222. The predicted molar refractivity (Wildman–Crippen MR) is 54.7 cm³/mol. The van der Waals surface area contributed by atoms with Gasteiger partial charge in [-0.25, -0.2) is 0 Å². The molecule has 0 saturated heterocycles. The first-order valence-electron chi connectivity index (χ1n) is 3.39. The number of hydrogen-bond acceptors (Lipinski definition) is 2. The summed E-state index contributed by atoms with van der Waals surface area (Å²) in [7, 11) is 0. The van der Waals surface area contributed by atoms with Crippen molar-refractivity contribution < 1.29 is 0 Å². The molecule has 1 unspecified atom stereocenters. The first kappa shape index (κ1) is 9.10. The Labute approximate surface area is 80.9 Å². The van der Waals surface area contributed by atoms with E-state index in [4.69, 9.17) is 0 Å². The normalized spacial score (nSPS) is 13.0. The largest absolute Gasteiger partial charge is 0.260 e. The third-order valence-electron chi connectivity index (χ3n) is 1.56. The summed E-state index contributed by atoms with van der Waals surface area (Å²) in [6.45, 7) is 2.07. The quantitative estimate of drug-likeness (QED) is 0.747. The molecule has 0 spiro atoms. The zero-order valence-corrected chi connectivity index (χ0v) is 8.69. The number of rotatable bonds is 2. The molecule has 0 fully saturated rings. The van der Waals surface area contributed by atoms with Crippen molar-refractivity contribution in [1.29, 1.82) is 0 Å². The topological polar surface area (TPSA) is 12.0 Å². The molecule has 0 amide bonds. The molecule has 1 aromatic rings. The van der Waals surface area contributed by atoms with Gasteiger partial charge in [-0.1, -0.05) is 40.9 Å². The molecule has 0 aliphatic heterocycles.